The first-order valence-corrected chi connectivity index (χ1v) is 6.68. The number of hydrogen-bond acceptors (Lipinski definition) is 1. The van der Waals surface area contributed by atoms with Crippen LogP contribution in [0.2, 0.25) is 0 Å². The minimum atomic E-state index is -0.811. The minimum Gasteiger partial charge on any atom is -0.384 e. The van der Waals surface area contributed by atoms with Gasteiger partial charge in [0, 0.05) is 17.8 Å². The molecule has 1 heterocycles. The average molecular weight is 235 g/mol. The molecule has 2 rings (SSSR count). The molecule has 1 aliphatic heterocycles. The molecule has 0 fully saturated rings. The molecule has 1 atom stereocenters. The molecule has 94 valence electrons. The molecule has 1 aromatic carbocycles. The van der Waals surface area contributed by atoms with Gasteiger partial charge in [0.15, 0.2) is 0 Å². The summed E-state index contributed by atoms with van der Waals surface area (Å²) in [5.41, 5.74) is 3.20. The zero-order valence-corrected chi connectivity index (χ0v) is 10.8. The van der Waals surface area contributed by atoms with Crippen LogP contribution in [0.4, 0.5) is 10.1 Å². The minimum absolute atomic E-state index is 0.649. The van der Waals surface area contributed by atoms with Crippen LogP contribution < -0.4 is 5.32 Å². The van der Waals surface area contributed by atoms with E-state index in [0.717, 1.165) is 37.1 Å². The van der Waals surface area contributed by atoms with E-state index in [1.54, 1.807) is 0 Å². The Balaban J connectivity index is 1.99. The van der Waals surface area contributed by atoms with Crippen LogP contribution in [0.1, 0.15) is 50.4 Å². The second kappa shape index (κ2) is 5.52. The highest BCUT2D eigenvalue weighted by Crippen LogP contribution is 2.35. The number of alkyl halides is 1. The Morgan fingerprint density at radius 2 is 2.12 bits per heavy atom. The summed E-state index contributed by atoms with van der Waals surface area (Å²) in [6.45, 7) is 5.33. The molecule has 1 aromatic rings. The van der Waals surface area contributed by atoms with Crippen LogP contribution in [-0.4, -0.2) is 6.54 Å². The monoisotopic (exact) mass is 235 g/mol. The van der Waals surface area contributed by atoms with Crippen molar-refractivity contribution in [2.24, 2.45) is 5.92 Å². The van der Waals surface area contributed by atoms with Crippen LogP contribution in [0, 0.1) is 5.92 Å². The molecular weight excluding hydrogens is 213 g/mol. The summed E-state index contributed by atoms with van der Waals surface area (Å²) in [6.07, 6.45) is 2.96. The summed E-state index contributed by atoms with van der Waals surface area (Å²) in [4.78, 5) is 0. The van der Waals surface area contributed by atoms with Gasteiger partial charge in [0.05, 0.1) is 0 Å². The fourth-order valence-electron chi connectivity index (χ4n) is 2.49. The third kappa shape index (κ3) is 2.99. The van der Waals surface area contributed by atoms with Gasteiger partial charge in [0.1, 0.15) is 6.17 Å². The molecule has 0 amide bonds. The van der Waals surface area contributed by atoms with Gasteiger partial charge in [-0.1, -0.05) is 38.5 Å². The fraction of sp³-hybridized carbons (Fsp3) is 0.600. The molecule has 0 aliphatic carbocycles. The van der Waals surface area contributed by atoms with Gasteiger partial charge >= 0.3 is 0 Å². The summed E-state index contributed by atoms with van der Waals surface area (Å²) in [6, 6.07) is 6.01. The highest BCUT2D eigenvalue weighted by molar-refractivity contribution is 5.61. The number of benzene rings is 1. The smallest absolute Gasteiger partial charge is 0.127 e. The number of fused-ring (bicyclic) bond motifs is 1. The number of nitrogens with one attached hydrogen (secondary N) is 1. The van der Waals surface area contributed by atoms with E-state index in [-0.39, 0.29) is 0 Å². The summed E-state index contributed by atoms with van der Waals surface area (Å²) < 4.78 is 14.2. The quantitative estimate of drug-likeness (QED) is 0.792. The van der Waals surface area contributed by atoms with E-state index in [2.05, 4.69) is 25.2 Å². The molecule has 0 saturated heterocycles. The van der Waals surface area contributed by atoms with Crippen molar-refractivity contribution in [1.29, 1.82) is 0 Å². The van der Waals surface area contributed by atoms with E-state index < -0.39 is 6.17 Å². The van der Waals surface area contributed by atoms with Crippen LogP contribution in [0.3, 0.4) is 0 Å². The third-order valence-electron chi connectivity index (χ3n) is 3.46. The fourth-order valence-corrected chi connectivity index (χ4v) is 2.49. The number of para-hydroxylation sites is 1. The van der Waals surface area contributed by atoms with Crippen molar-refractivity contribution in [1.82, 2.24) is 0 Å². The van der Waals surface area contributed by atoms with Crippen molar-refractivity contribution < 1.29 is 4.39 Å². The Labute approximate surface area is 103 Å². The molecule has 1 unspecified atom stereocenters. The first-order valence-electron chi connectivity index (χ1n) is 6.68. The number of halogens is 1. The Morgan fingerprint density at radius 1 is 1.29 bits per heavy atom. The lowest BCUT2D eigenvalue weighted by Gasteiger charge is -2.14. The molecule has 1 nitrogen and oxygen atoms in total. The van der Waals surface area contributed by atoms with Crippen molar-refractivity contribution in [2.75, 3.05) is 11.9 Å². The van der Waals surface area contributed by atoms with E-state index in [1.807, 2.05) is 12.1 Å². The Kier molecular flexibility index (Phi) is 4.03. The molecule has 0 radical (unpaired) electrons. The second-order valence-corrected chi connectivity index (χ2v) is 5.35. The van der Waals surface area contributed by atoms with E-state index in [4.69, 9.17) is 0 Å². The normalized spacial score (nSPS) is 15.8. The molecule has 0 aromatic heterocycles. The van der Waals surface area contributed by atoms with Crippen LogP contribution in [-0.2, 0) is 6.42 Å². The van der Waals surface area contributed by atoms with Gasteiger partial charge in [-0.3, -0.25) is 0 Å². The maximum Gasteiger partial charge on any atom is 0.127 e. The lowest BCUT2D eigenvalue weighted by molar-refractivity contribution is 0.309. The Hall–Kier alpha value is -1.05. The lowest BCUT2D eigenvalue weighted by Crippen LogP contribution is -2.00. The van der Waals surface area contributed by atoms with Gasteiger partial charge in [0.25, 0.3) is 0 Å². The standard InChI is InChI=1S/C15H22FN/c1-11(2)5-3-8-14(16)13-7-4-6-12-9-10-17-15(12)13/h4,6-7,11,14,17H,3,5,8-10H2,1-2H3. The zero-order valence-electron chi connectivity index (χ0n) is 10.8. The maximum absolute atomic E-state index is 14.2. The first-order chi connectivity index (χ1) is 8.18. The van der Waals surface area contributed by atoms with Crippen LogP contribution >= 0.6 is 0 Å². The molecule has 0 bridgehead atoms. The van der Waals surface area contributed by atoms with Crippen LogP contribution in [0.15, 0.2) is 18.2 Å². The summed E-state index contributed by atoms with van der Waals surface area (Å²) in [7, 11) is 0. The van der Waals surface area contributed by atoms with Gasteiger partial charge in [-0.25, -0.2) is 4.39 Å². The van der Waals surface area contributed by atoms with Crippen molar-refractivity contribution in [3.63, 3.8) is 0 Å². The number of hydrogen-bond donors (Lipinski definition) is 1. The second-order valence-electron chi connectivity index (χ2n) is 5.35. The summed E-state index contributed by atoms with van der Waals surface area (Å²) >= 11 is 0. The van der Waals surface area contributed by atoms with Crippen molar-refractivity contribution in [3.8, 4) is 0 Å². The molecular formula is C15H22FN. The van der Waals surface area contributed by atoms with E-state index >= 15 is 0 Å². The third-order valence-corrected chi connectivity index (χ3v) is 3.46. The van der Waals surface area contributed by atoms with Gasteiger partial charge in [-0.15, -0.1) is 0 Å². The van der Waals surface area contributed by atoms with E-state index in [1.165, 1.54) is 5.56 Å². The predicted octanol–water partition coefficient (Wildman–Crippen LogP) is 4.49. The topological polar surface area (TPSA) is 12.0 Å². The summed E-state index contributed by atoms with van der Waals surface area (Å²) in [5.74, 6) is 0.668. The Bertz CT molecular complexity index is 373. The SMILES string of the molecule is CC(C)CCCC(F)c1cccc2c1NCC2. The van der Waals surface area contributed by atoms with Crippen LogP contribution in [0.25, 0.3) is 0 Å². The van der Waals surface area contributed by atoms with Gasteiger partial charge in [-0.05, 0) is 30.7 Å². The zero-order chi connectivity index (χ0) is 12.3. The average Bonchev–Trinajstić information content (AvgIpc) is 2.75. The van der Waals surface area contributed by atoms with E-state index in [0.29, 0.717) is 12.3 Å². The van der Waals surface area contributed by atoms with Gasteiger partial charge in [0.2, 0.25) is 0 Å². The van der Waals surface area contributed by atoms with E-state index in [9.17, 15) is 4.39 Å². The van der Waals surface area contributed by atoms with Gasteiger partial charge in [-0.2, -0.15) is 0 Å². The lowest BCUT2D eigenvalue weighted by atomic mass is 9.98. The first kappa shape index (κ1) is 12.4. The number of rotatable bonds is 5. The maximum atomic E-state index is 14.2. The molecule has 0 spiro atoms. The van der Waals surface area contributed by atoms with Crippen molar-refractivity contribution >= 4 is 5.69 Å². The molecule has 1 N–H and O–H groups in total. The van der Waals surface area contributed by atoms with Crippen LogP contribution in [0.5, 0.6) is 0 Å². The van der Waals surface area contributed by atoms with Crippen molar-refractivity contribution in [3.05, 3.63) is 29.3 Å². The predicted molar refractivity (Wildman–Crippen MR) is 71.2 cm³/mol. The molecule has 17 heavy (non-hydrogen) atoms. The highest BCUT2D eigenvalue weighted by atomic mass is 19.1. The molecule has 2 heteroatoms. The summed E-state index contributed by atoms with van der Waals surface area (Å²) in [5, 5.41) is 3.31. The highest BCUT2D eigenvalue weighted by Gasteiger charge is 2.19. The van der Waals surface area contributed by atoms with Gasteiger partial charge < -0.3 is 5.32 Å². The number of anilines is 1. The molecule has 1 aliphatic rings. The van der Waals surface area contributed by atoms with Crippen molar-refractivity contribution in [2.45, 2.75) is 45.7 Å². The largest absolute Gasteiger partial charge is 0.384 e. The molecule has 0 saturated carbocycles. The Morgan fingerprint density at radius 3 is 2.88 bits per heavy atom.